The number of Topliss-reactive ketones (excluding diaryl/α,β-unsaturated/α-hetero) is 1. The Labute approximate surface area is 254 Å². The largest absolute Gasteiger partial charge is 0.377 e. The van der Waals surface area contributed by atoms with Gasteiger partial charge in [0.05, 0.1) is 16.3 Å². The molecule has 5 rings (SSSR count). The SMILES string of the molecule is CC1=CC(=O)N(c2cc(C(=O)CCCNS(=O)(=O)c3cccc4c(N(C)C)cccc34)cc(N3C(=O)C=C(C)C3=O)c2)C1=O. The van der Waals surface area contributed by atoms with E-state index in [0.29, 0.717) is 5.39 Å². The molecule has 11 nitrogen and oxygen atoms in total. The van der Waals surface area contributed by atoms with Gasteiger partial charge in [-0.25, -0.2) is 22.9 Å². The molecule has 0 aromatic heterocycles. The molecule has 2 aliphatic heterocycles. The minimum Gasteiger partial charge on any atom is -0.377 e. The summed E-state index contributed by atoms with van der Waals surface area (Å²) < 4.78 is 29.1. The average molecular weight is 615 g/mol. The number of nitrogens with one attached hydrogen (secondary N) is 1. The number of hydrogen-bond donors (Lipinski definition) is 1. The topological polar surface area (TPSA) is 141 Å². The fourth-order valence-corrected chi connectivity index (χ4v) is 6.54. The maximum absolute atomic E-state index is 13.3. The highest BCUT2D eigenvalue weighted by Crippen LogP contribution is 2.33. The van der Waals surface area contributed by atoms with E-state index in [2.05, 4.69) is 4.72 Å². The third kappa shape index (κ3) is 5.56. The first kappa shape index (κ1) is 30.5. The number of rotatable bonds is 10. The molecule has 3 aromatic rings. The average Bonchev–Trinajstić information content (AvgIpc) is 3.39. The molecule has 12 heteroatoms. The van der Waals surface area contributed by atoms with Crippen molar-refractivity contribution in [3.8, 4) is 0 Å². The van der Waals surface area contributed by atoms with Crippen molar-refractivity contribution >= 4 is 67.3 Å². The second-order valence-corrected chi connectivity index (χ2v) is 12.5. The summed E-state index contributed by atoms with van der Waals surface area (Å²) in [6.07, 6.45) is 2.37. The summed E-state index contributed by atoms with van der Waals surface area (Å²) in [5.41, 5.74) is 1.41. The van der Waals surface area contributed by atoms with Crippen LogP contribution < -0.4 is 19.4 Å². The Morgan fingerprint density at radius 2 is 1.34 bits per heavy atom. The van der Waals surface area contributed by atoms with Gasteiger partial charge in [-0.05, 0) is 50.6 Å². The highest BCUT2D eigenvalue weighted by molar-refractivity contribution is 7.89. The molecular formula is C32H30N4O7S. The Balaban J connectivity index is 1.35. The zero-order chi connectivity index (χ0) is 31.9. The van der Waals surface area contributed by atoms with E-state index < -0.39 is 39.4 Å². The van der Waals surface area contributed by atoms with Crippen LogP contribution in [0.2, 0.25) is 0 Å². The van der Waals surface area contributed by atoms with Crippen LogP contribution in [0.25, 0.3) is 10.8 Å². The Bertz CT molecular complexity index is 1880. The van der Waals surface area contributed by atoms with Crippen molar-refractivity contribution in [1.82, 2.24) is 4.72 Å². The van der Waals surface area contributed by atoms with Gasteiger partial charge in [0.2, 0.25) is 10.0 Å². The van der Waals surface area contributed by atoms with Crippen molar-refractivity contribution < 1.29 is 32.4 Å². The van der Waals surface area contributed by atoms with E-state index in [-0.39, 0.29) is 52.4 Å². The van der Waals surface area contributed by atoms with E-state index in [1.807, 2.05) is 31.1 Å². The minimum atomic E-state index is -3.92. The Hall–Kier alpha value is -4.94. The van der Waals surface area contributed by atoms with Crippen LogP contribution in [0.3, 0.4) is 0 Å². The molecule has 0 unspecified atom stereocenters. The number of hydrogen-bond acceptors (Lipinski definition) is 8. The number of carbonyl (C=O) groups excluding carboxylic acids is 5. The summed E-state index contributed by atoms with van der Waals surface area (Å²) in [4.78, 5) is 67.6. The van der Waals surface area contributed by atoms with Gasteiger partial charge in [-0.3, -0.25) is 24.0 Å². The Morgan fingerprint density at radius 3 is 1.86 bits per heavy atom. The lowest BCUT2D eigenvalue weighted by Gasteiger charge is -2.21. The molecular weight excluding hydrogens is 584 g/mol. The van der Waals surface area contributed by atoms with Crippen molar-refractivity contribution in [1.29, 1.82) is 0 Å². The molecule has 1 N–H and O–H groups in total. The highest BCUT2D eigenvalue weighted by atomic mass is 32.2. The number of sulfonamides is 1. The van der Waals surface area contributed by atoms with E-state index in [9.17, 15) is 32.4 Å². The monoisotopic (exact) mass is 614 g/mol. The van der Waals surface area contributed by atoms with Gasteiger partial charge in [0.15, 0.2) is 5.78 Å². The zero-order valence-corrected chi connectivity index (χ0v) is 25.4. The minimum absolute atomic E-state index is 0.0351. The summed E-state index contributed by atoms with van der Waals surface area (Å²) >= 11 is 0. The lowest BCUT2D eigenvalue weighted by atomic mass is 10.0. The quantitative estimate of drug-likeness (QED) is 0.208. The van der Waals surface area contributed by atoms with Crippen LogP contribution in [0.5, 0.6) is 0 Å². The number of imide groups is 2. The lowest BCUT2D eigenvalue weighted by Crippen LogP contribution is -2.33. The van der Waals surface area contributed by atoms with E-state index in [1.54, 1.807) is 18.2 Å². The van der Waals surface area contributed by atoms with E-state index in [0.717, 1.165) is 33.0 Å². The van der Waals surface area contributed by atoms with Gasteiger partial charge in [0.25, 0.3) is 23.6 Å². The molecule has 0 spiro atoms. The summed E-state index contributed by atoms with van der Waals surface area (Å²) in [7, 11) is -0.164. The molecule has 44 heavy (non-hydrogen) atoms. The first-order valence-electron chi connectivity index (χ1n) is 13.8. The van der Waals surface area contributed by atoms with Crippen LogP contribution in [-0.2, 0) is 29.2 Å². The van der Waals surface area contributed by atoms with Crippen LogP contribution in [0.15, 0.2) is 82.8 Å². The van der Waals surface area contributed by atoms with Gasteiger partial charge in [-0.1, -0.05) is 24.3 Å². The van der Waals surface area contributed by atoms with Crippen molar-refractivity contribution in [2.24, 2.45) is 0 Å². The highest BCUT2D eigenvalue weighted by Gasteiger charge is 2.34. The maximum Gasteiger partial charge on any atom is 0.261 e. The summed E-state index contributed by atoms with van der Waals surface area (Å²) in [6, 6.07) is 14.5. The van der Waals surface area contributed by atoms with Crippen molar-refractivity contribution in [3.63, 3.8) is 0 Å². The molecule has 0 saturated heterocycles. The van der Waals surface area contributed by atoms with Gasteiger partial charge < -0.3 is 4.90 Å². The van der Waals surface area contributed by atoms with Gasteiger partial charge in [0.1, 0.15) is 0 Å². The molecule has 0 aliphatic carbocycles. The zero-order valence-electron chi connectivity index (χ0n) is 24.6. The molecule has 226 valence electrons. The van der Waals surface area contributed by atoms with Crippen LogP contribution >= 0.6 is 0 Å². The molecule has 0 fully saturated rings. The van der Waals surface area contributed by atoms with Crippen LogP contribution in [-0.4, -0.2) is 58.5 Å². The second-order valence-electron chi connectivity index (χ2n) is 10.8. The third-order valence-corrected chi connectivity index (χ3v) is 8.96. The van der Waals surface area contributed by atoms with Gasteiger partial charge in [0, 0.05) is 72.4 Å². The second kappa shape index (κ2) is 11.6. The predicted octanol–water partition coefficient (Wildman–Crippen LogP) is 3.49. The molecule has 0 atom stereocenters. The first-order chi connectivity index (χ1) is 20.8. The Morgan fingerprint density at radius 1 is 0.795 bits per heavy atom. The van der Waals surface area contributed by atoms with Crippen molar-refractivity contribution in [3.05, 3.63) is 83.5 Å². The number of fused-ring (bicyclic) bond motifs is 1. The first-order valence-corrected chi connectivity index (χ1v) is 15.3. The number of carbonyl (C=O) groups is 5. The van der Waals surface area contributed by atoms with Crippen LogP contribution in [0.1, 0.15) is 37.0 Å². The fourth-order valence-electron chi connectivity index (χ4n) is 5.25. The van der Waals surface area contributed by atoms with Gasteiger partial charge in [-0.15, -0.1) is 0 Å². The van der Waals surface area contributed by atoms with Crippen LogP contribution in [0.4, 0.5) is 17.1 Å². The molecule has 0 bridgehead atoms. The van der Waals surface area contributed by atoms with E-state index in [1.165, 1.54) is 38.1 Å². The normalized spacial score (nSPS) is 15.4. The molecule has 2 aliphatic rings. The third-order valence-electron chi connectivity index (χ3n) is 7.45. The molecule has 4 amide bonds. The Kier molecular flexibility index (Phi) is 8.06. The van der Waals surface area contributed by atoms with Gasteiger partial charge in [-0.2, -0.15) is 0 Å². The number of amides is 4. The number of nitrogens with zero attached hydrogens (tertiary/aromatic N) is 3. The van der Waals surface area contributed by atoms with Crippen molar-refractivity contribution in [2.45, 2.75) is 31.6 Å². The summed E-state index contributed by atoms with van der Waals surface area (Å²) in [6.45, 7) is 2.93. The number of ketones is 1. The lowest BCUT2D eigenvalue weighted by molar-refractivity contribution is -0.121. The fraction of sp³-hybridized carbons (Fsp3) is 0.219. The van der Waals surface area contributed by atoms with Crippen LogP contribution in [0, 0.1) is 0 Å². The molecule has 0 saturated carbocycles. The van der Waals surface area contributed by atoms with E-state index in [4.69, 9.17) is 0 Å². The smallest absolute Gasteiger partial charge is 0.261 e. The predicted molar refractivity (Wildman–Crippen MR) is 166 cm³/mol. The van der Waals surface area contributed by atoms with Gasteiger partial charge >= 0.3 is 0 Å². The standard InChI is InChI=1S/C32H30N4O7S/c1-19-14-29(38)35(31(19)40)22-16-21(17-23(18-22)36-30(39)15-20(2)32(36)41)27(37)11-7-13-33-44(42,43)28-12-6-8-24-25(28)9-5-10-26(24)34(3)4/h5-6,8-10,12,14-18,33H,7,11,13H2,1-4H3. The number of benzene rings is 3. The molecule has 0 radical (unpaired) electrons. The van der Waals surface area contributed by atoms with E-state index >= 15 is 0 Å². The summed E-state index contributed by atoms with van der Waals surface area (Å²) in [5.74, 6) is -2.83. The maximum atomic E-state index is 13.3. The summed E-state index contributed by atoms with van der Waals surface area (Å²) in [5, 5.41) is 1.35. The molecule has 2 heterocycles. The number of anilines is 3. The molecule has 3 aromatic carbocycles. The van der Waals surface area contributed by atoms with Crippen molar-refractivity contribution in [2.75, 3.05) is 35.3 Å².